The number of carboxylic acid groups (broad SMARTS) is 1. The molecule has 1 aromatic rings. The molecule has 1 aliphatic rings. The molecule has 1 aliphatic carbocycles. The predicted molar refractivity (Wildman–Crippen MR) is 69.7 cm³/mol. The molecule has 1 aromatic heterocycles. The number of aryl methyl sites for hydroxylation is 1. The van der Waals surface area contributed by atoms with Gasteiger partial charge in [0.2, 0.25) is 0 Å². The van der Waals surface area contributed by atoms with Crippen molar-refractivity contribution in [3.8, 4) is 0 Å². The van der Waals surface area contributed by atoms with E-state index in [0.717, 1.165) is 25.1 Å². The topological polar surface area (TPSA) is 80.9 Å². The zero-order valence-corrected chi connectivity index (χ0v) is 11.7. The average Bonchev–Trinajstić information content (AvgIpc) is 3.04. The molecule has 1 unspecified atom stereocenters. The maximum absolute atomic E-state index is 10.9. The zero-order valence-electron chi connectivity index (χ0n) is 11.7. The van der Waals surface area contributed by atoms with E-state index in [2.05, 4.69) is 22.4 Å². The summed E-state index contributed by atoms with van der Waals surface area (Å²) >= 11 is 0. The van der Waals surface area contributed by atoms with E-state index in [0.29, 0.717) is 13.0 Å². The van der Waals surface area contributed by atoms with Gasteiger partial charge < -0.3 is 5.11 Å². The van der Waals surface area contributed by atoms with Crippen molar-refractivity contribution in [2.75, 3.05) is 0 Å². The van der Waals surface area contributed by atoms with Crippen molar-refractivity contribution in [3.05, 3.63) is 5.82 Å². The summed E-state index contributed by atoms with van der Waals surface area (Å²) in [6, 6.07) is 0. The molecule has 0 saturated heterocycles. The fraction of sp³-hybridized carbons (Fsp3) is 0.846. The molecule has 0 aliphatic heterocycles. The Balaban J connectivity index is 2.11. The van der Waals surface area contributed by atoms with Crippen LogP contribution in [0.5, 0.6) is 0 Å². The number of carbonyl (C=O) groups is 1. The minimum absolute atomic E-state index is 0.107. The van der Waals surface area contributed by atoms with E-state index in [9.17, 15) is 4.79 Å². The summed E-state index contributed by atoms with van der Waals surface area (Å²) < 4.78 is 1.81. The lowest BCUT2D eigenvalue weighted by Crippen LogP contribution is -2.27. The molecule has 2 rings (SSSR count). The standard InChI is InChI=1S/C13H22N4O2/c1-3-13(7-4-5-8-13)12-14-15-16-17(12)9-6-10(2)11(18)19/h10H,3-9H2,1-2H3,(H,18,19). The summed E-state index contributed by atoms with van der Waals surface area (Å²) in [6.45, 7) is 4.49. The quantitative estimate of drug-likeness (QED) is 0.851. The number of hydrogen-bond donors (Lipinski definition) is 1. The molecule has 0 aromatic carbocycles. The first kappa shape index (κ1) is 14.0. The van der Waals surface area contributed by atoms with E-state index < -0.39 is 5.97 Å². The van der Waals surface area contributed by atoms with Gasteiger partial charge in [0.25, 0.3) is 0 Å². The van der Waals surface area contributed by atoms with E-state index in [4.69, 9.17) is 5.11 Å². The van der Waals surface area contributed by atoms with Gasteiger partial charge >= 0.3 is 5.97 Å². The summed E-state index contributed by atoms with van der Waals surface area (Å²) in [6.07, 6.45) is 6.34. The van der Waals surface area contributed by atoms with Crippen molar-refractivity contribution in [1.29, 1.82) is 0 Å². The van der Waals surface area contributed by atoms with Gasteiger partial charge in [-0.15, -0.1) is 5.10 Å². The molecule has 1 fully saturated rings. The Morgan fingerprint density at radius 2 is 2.16 bits per heavy atom. The van der Waals surface area contributed by atoms with Crippen LogP contribution in [0.3, 0.4) is 0 Å². The van der Waals surface area contributed by atoms with Gasteiger partial charge in [0, 0.05) is 12.0 Å². The molecule has 0 bridgehead atoms. The van der Waals surface area contributed by atoms with Crippen molar-refractivity contribution in [2.45, 2.75) is 64.3 Å². The van der Waals surface area contributed by atoms with Crippen LogP contribution in [-0.2, 0) is 16.8 Å². The molecule has 19 heavy (non-hydrogen) atoms. The van der Waals surface area contributed by atoms with E-state index in [1.807, 2.05) is 4.68 Å². The lowest BCUT2D eigenvalue weighted by Gasteiger charge is -2.26. The number of aliphatic carboxylic acids is 1. The van der Waals surface area contributed by atoms with Gasteiger partial charge in [-0.05, 0) is 36.1 Å². The Morgan fingerprint density at radius 1 is 1.47 bits per heavy atom. The van der Waals surface area contributed by atoms with Crippen LogP contribution in [0, 0.1) is 5.92 Å². The fourth-order valence-electron chi connectivity index (χ4n) is 2.96. The summed E-state index contributed by atoms with van der Waals surface area (Å²) in [5.74, 6) is -0.177. The van der Waals surface area contributed by atoms with Crippen LogP contribution < -0.4 is 0 Å². The second-order valence-electron chi connectivity index (χ2n) is 5.59. The van der Waals surface area contributed by atoms with Crippen molar-refractivity contribution >= 4 is 5.97 Å². The van der Waals surface area contributed by atoms with E-state index in [-0.39, 0.29) is 11.3 Å². The molecule has 6 nitrogen and oxygen atoms in total. The van der Waals surface area contributed by atoms with E-state index in [1.165, 1.54) is 12.8 Å². The van der Waals surface area contributed by atoms with Crippen LogP contribution >= 0.6 is 0 Å². The van der Waals surface area contributed by atoms with Gasteiger partial charge in [0.1, 0.15) is 0 Å². The summed E-state index contributed by atoms with van der Waals surface area (Å²) in [5.41, 5.74) is 0.107. The number of hydrogen-bond acceptors (Lipinski definition) is 4. The second-order valence-corrected chi connectivity index (χ2v) is 5.59. The summed E-state index contributed by atoms with van der Waals surface area (Å²) in [7, 11) is 0. The van der Waals surface area contributed by atoms with Gasteiger partial charge in [-0.3, -0.25) is 4.79 Å². The highest BCUT2D eigenvalue weighted by atomic mass is 16.4. The Kier molecular flexibility index (Phi) is 4.17. The molecule has 6 heteroatoms. The van der Waals surface area contributed by atoms with Crippen LogP contribution in [0.1, 0.15) is 58.2 Å². The fourth-order valence-corrected chi connectivity index (χ4v) is 2.96. The van der Waals surface area contributed by atoms with Crippen LogP contribution in [0.25, 0.3) is 0 Å². The lowest BCUT2D eigenvalue weighted by molar-refractivity contribution is -0.141. The minimum atomic E-state index is -0.763. The third-order valence-corrected chi connectivity index (χ3v) is 4.44. The predicted octanol–water partition coefficient (Wildman–Crippen LogP) is 2.01. The number of rotatable bonds is 6. The highest BCUT2D eigenvalue weighted by molar-refractivity contribution is 5.69. The Labute approximate surface area is 113 Å². The molecule has 0 spiro atoms. The maximum Gasteiger partial charge on any atom is 0.306 e. The SMILES string of the molecule is CCC1(c2nnnn2CCC(C)C(=O)O)CCCC1. The van der Waals surface area contributed by atoms with Crippen LogP contribution in [-0.4, -0.2) is 31.3 Å². The van der Waals surface area contributed by atoms with Crippen molar-refractivity contribution < 1.29 is 9.90 Å². The zero-order chi connectivity index (χ0) is 13.9. The maximum atomic E-state index is 10.9. The van der Waals surface area contributed by atoms with Crippen LogP contribution in [0.4, 0.5) is 0 Å². The highest BCUT2D eigenvalue weighted by Crippen LogP contribution is 2.42. The van der Waals surface area contributed by atoms with Gasteiger partial charge in [0.15, 0.2) is 5.82 Å². The Bertz CT molecular complexity index is 438. The molecule has 1 saturated carbocycles. The normalized spacial score (nSPS) is 19.5. The van der Waals surface area contributed by atoms with Crippen molar-refractivity contribution in [2.24, 2.45) is 5.92 Å². The second kappa shape index (κ2) is 5.67. The Hall–Kier alpha value is -1.46. The van der Waals surface area contributed by atoms with Gasteiger partial charge in [-0.1, -0.05) is 26.7 Å². The van der Waals surface area contributed by atoms with Gasteiger partial charge in [-0.2, -0.15) is 0 Å². The van der Waals surface area contributed by atoms with Crippen molar-refractivity contribution in [3.63, 3.8) is 0 Å². The average molecular weight is 266 g/mol. The molecule has 0 amide bonds. The first-order valence-corrected chi connectivity index (χ1v) is 7.08. The van der Waals surface area contributed by atoms with Gasteiger partial charge in [0.05, 0.1) is 5.92 Å². The van der Waals surface area contributed by atoms with Gasteiger partial charge in [-0.25, -0.2) is 4.68 Å². The number of aromatic nitrogens is 4. The number of nitrogens with zero attached hydrogens (tertiary/aromatic N) is 4. The number of carboxylic acids is 1. The van der Waals surface area contributed by atoms with Crippen LogP contribution in [0.2, 0.25) is 0 Å². The first-order chi connectivity index (χ1) is 9.09. The van der Waals surface area contributed by atoms with E-state index in [1.54, 1.807) is 6.92 Å². The molecule has 1 heterocycles. The summed E-state index contributed by atoms with van der Waals surface area (Å²) in [5, 5.41) is 21.0. The third kappa shape index (κ3) is 2.77. The van der Waals surface area contributed by atoms with E-state index >= 15 is 0 Å². The largest absolute Gasteiger partial charge is 0.481 e. The highest BCUT2D eigenvalue weighted by Gasteiger charge is 2.38. The smallest absolute Gasteiger partial charge is 0.306 e. The Morgan fingerprint density at radius 3 is 2.74 bits per heavy atom. The molecule has 1 atom stereocenters. The van der Waals surface area contributed by atoms with Crippen molar-refractivity contribution in [1.82, 2.24) is 20.2 Å². The number of tetrazole rings is 1. The monoisotopic (exact) mass is 266 g/mol. The first-order valence-electron chi connectivity index (χ1n) is 7.08. The third-order valence-electron chi connectivity index (χ3n) is 4.44. The molecular weight excluding hydrogens is 244 g/mol. The molecular formula is C13H22N4O2. The summed E-state index contributed by atoms with van der Waals surface area (Å²) in [4.78, 5) is 10.9. The van der Waals surface area contributed by atoms with Crippen LogP contribution in [0.15, 0.2) is 0 Å². The molecule has 1 N–H and O–H groups in total. The molecule has 0 radical (unpaired) electrons. The minimum Gasteiger partial charge on any atom is -0.481 e. The molecule has 106 valence electrons. The lowest BCUT2D eigenvalue weighted by atomic mass is 9.82.